The van der Waals surface area contributed by atoms with Crippen LogP contribution in [0.3, 0.4) is 0 Å². The van der Waals surface area contributed by atoms with Gasteiger partial charge in [-0.05, 0) is 36.6 Å². The third-order valence-electron chi connectivity index (χ3n) is 2.88. The van der Waals surface area contributed by atoms with Crippen molar-refractivity contribution in [1.29, 1.82) is 0 Å². The van der Waals surface area contributed by atoms with E-state index in [0.29, 0.717) is 22.9 Å². The lowest BCUT2D eigenvalue weighted by atomic mass is 10.1. The number of benzene rings is 2. The number of hydrogen-bond donors (Lipinski definition) is 1. The zero-order valence-corrected chi connectivity index (χ0v) is 11.8. The van der Waals surface area contributed by atoms with Crippen LogP contribution >= 0.6 is 11.6 Å². The first kappa shape index (κ1) is 14.4. The summed E-state index contributed by atoms with van der Waals surface area (Å²) in [6.45, 7) is 0.600. The molecule has 0 fully saturated rings. The molecule has 2 rings (SSSR count). The Morgan fingerprint density at radius 1 is 1.15 bits per heavy atom. The van der Waals surface area contributed by atoms with Crippen LogP contribution < -0.4 is 4.74 Å². The van der Waals surface area contributed by atoms with Gasteiger partial charge < -0.3 is 9.94 Å². The molecule has 2 aromatic carbocycles. The van der Waals surface area contributed by atoms with Gasteiger partial charge in [-0.1, -0.05) is 47.1 Å². The van der Waals surface area contributed by atoms with E-state index in [-0.39, 0.29) is 0 Å². The highest BCUT2D eigenvalue weighted by Gasteiger charge is 2.03. The first-order valence-electron chi connectivity index (χ1n) is 6.43. The van der Waals surface area contributed by atoms with Crippen molar-refractivity contribution >= 4 is 17.8 Å². The van der Waals surface area contributed by atoms with Gasteiger partial charge in [-0.15, -0.1) is 0 Å². The van der Waals surface area contributed by atoms with E-state index in [1.807, 2.05) is 18.2 Å². The Morgan fingerprint density at radius 3 is 2.70 bits per heavy atom. The second-order valence-corrected chi connectivity index (χ2v) is 4.80. The number of halogens is 1. The number of aryl methyl sites for hydroxylation is 1. The van der Waals surface area contributed by atoms with Crippen molar-refractivity contribution in [3.8, 4) is 5.75 Å². The van der Waals surface area contributed by atoms with Gasteiger partial charge in [0.25, 0.3) is 0 Å². The predicted octanol–water partition coefficient (Wildman–Crippen LogP) is 4.16. The number of ether oxygens (including phenoxy) is 1. The smallest absolute Gasteiger partial charge is 0.128 e. The summed E-state index contributed by atoms with van der Waals surface area (Å²) in [5.41, 5.74) is 1.96. The van der Waals surface area contributed by atoms with Crippen LogP contribution in [0, 0.1) is 0 Å². The molecule has 2 aromatic rings. The van der Waals surface area contributed by atoms with Crippen LogP contribution in [0.2, 0.25) is 5.02 Å². The molecule has 1 N–H and O–H groups in total. The summed E-state index contributed by atoms with van der Waals surface area (Å²) < 4.78 is 5.71. The summed E-state index contributed by atoms with van der Waals surface area (Å²) in [6.07, 6.45) is 3.21. The van der Waals surface area contributed by atoms with Crippen molar-refractivity contribution in [3.63, 3.8) is 0 Å². The molecule has 0 unspecified atom stereocenters. The highest BCUT2D eigenvalue weighted by molar-refractivity contribution is 6.30. The van der Waals surface area contributed by atoms with E-state index >= 15 is 0 Å². The minimum Gasteiger partial charge on any atom is -0.493 e. The van der Waals surface area contributed by atoms with Gasteiger partial charge >= 0.3 is 0 Å². The van der Waals surface area contributed by atoms with Crippen molar-refractivity contribution in [3.05, 3.63) is 64.7 Å². The quantitative estimate of drug-likeness (QED) is 0.375. The maximum atomic E-state index is 8.63. The van der Waals surface area contributed by atoms with Crippen LogP contribution in [-0.2, 0) is 6.42 Å². The average Bonchev–Trinajstić information content (AvgIpc) is 2.47. The van der Waals surface area contributed by atoms with E-state index in [9.17, 15) is 0 Å². The first-order valence-corrected chi connectivity index (χ1v) is 6.81. The van der Waals surface area contributed by atoms with Gasteiger partial charge in [-0.25, -0.2) is 0 Å². The molecule has 0 aromatic heterocycles. The van der Waals surface area contributed by atoms with Crippen LogP contribution in [0.4, 0.5) is 0 Å². The van der Waals surface area contributed by atoms with Crippen molar-refractivity contribution in [1.82, 2.24) is 0 Å². The number of rotatable bonds is 6. The highest BCUT2D eigenvalue weighted by Crippen LogP contribution is 2.21. The normalized spacial score (nSPS) is 10.8. The fourth-order valence-corrected chi connectivity index (χ4v) is 2.10. The zero-order valence-electron chi connectivity index (χ0n) is 11.0. The second kappa shape index (κ2) is 7.56. The largest absolute Gasteiger partial charge is 0.493 e. The van der Waals surface area contributed by atoms with E-state index in [4.69, 9.17) is 21.5 Å². The summed E-state index contributed by atoms with van der Waals surface area (Å²) in [6, 6.07) is 15.5. The van der Waals surface area contributed by atoms with E-state index < -0.39 is 0 Å². The number of hydrogen-bond acceptors (Lipinski definition) is 3. The molecule has 0 bridgehead atoms. The second-order valence-electron chi connectivity index (χ2n) is 4.36. The van der Waals surface area contributed by atoms with Gasteiger partial charge in [0.2, 0.25) is 0 Å². The molecular weight excluding hydrogens is 274 g/mol. The monoisotopic (exact) mass is 289 g/mol. The molecule has 0 amide bonds. The molecule has 0 aliphatic carbocycles. The van der Waals surface area contributed by atoms with Gasteiger partial charge in [0.05, 0.1) is 12.8 Å². The van der Waals surface area contributed by atoms with E-state index in [2.05, 4.69) is 17.3 Å². The van der Waals surface area contributed by atoms with Crippen LogP contribution in [0.5, 0.6) is 5.75 Å². The Labute approximate surface area is 123 Å². The Kier molecular flexibility index (Phi) is 5.44. The number of oxime groups is 1. The molecule has 3 nitrogen and oxygen atoms in total. The molecule has 0 aliphatic heterocycles. The molecule has 0 saturated carbocycles. The Bertz CT molecular complexity index is 570. The summed E-state index contributed by atoms with van der Waals surface area (Å²) in [4.78, 5) is 0. The Balaban J connectivity index is 1.88. The van der Waals surface area contributed by atoms with Crippen molar-refractivity contribution in [2.24, 2.45) is 5.16 Å². The summed E-state index contributed by atoms with van der Waals surface area (Å²) in [7, 11) is 0. The fourth-order valence-electron chi connectivity index (χ4n) is 1.92. The maximum absolute atomic E-state index is 8.63. The molecule has 4 heteroatoms. The fraction of sp³-hybridized carbons (Fsp3) is 0.188. The standard InChI is InChI=1S/C16H16ClNO2/c17-15-8-9-16(14(11-15)12-18-19)20-10-4-7-13-5-2-1-3-6-13/h1-3,5-6,8-9,11-12,19H,4,7,10H2. The predicted molar refractivity (Wildman–Crippen MR) is 81.1 cm³/mol. The molecule has 0 radical (unpaired) electrons. The average molecular weight is 290 g/mol. The maximum Gasteiger partial charge on any atom is 0.128 e. The molecule has 0 saturated heterocycles. The Morgan fingerprint density at radius 2 is 1.95 bits per heavy atom. The minimum atomic E-state index is 0.580. The first-order chi connectivity index (χ1) is 9.79. The van der Waals surface area contributed by atoms with Gasteiger partial charge in [-0.2, -0.15) is 0 Å². The third-order valence-corrected chi connectivity index (χ3v) is 3.11. The lowest BCUT2D eigenvalue weighted by Crippen LogP contribution is -2.01. The SMILES string of the molecule is ON=Cc1cc(Cl)ccc1OCCCc1ccccc1. The lowest BCUT2D eigenvalue weighted by molar-refractivity contribution is 0.308. The molecule has 104 valence electrons. The van der Waals surface area contributed by atoms with Crippen molar-refractivity contribution in [2.75, 3.05) is 6.61 Å². The van der Waals surface area contributed by atoms with Crippen LogP contribution in [0.25, 0.3) is 0 Å². The topological polar surface area (TPSA) is 41.8 Å². The molecule has 0 atom stereocenters. The van der Waals surface area contributed by atoms with Gasteiger partial charge in [-0.3, -0.25) is 0 Å². The summed E-state index contributed by atoms with van der Waals surface area (Å²) in [5.74, 6) is 0.667. The van der Waals surface area contributed by atoms with Crippen LogP contribution in [0.15, 0.2) is 53.7 Å². The van der Waals surface area contributed by atoms with Gasteiger partial charge in [0, 0.05) is 10.6 Å². The third kappa shape index (κ3) is 4.28. The van der Waals surface area contributed by atoms with Crippen molar-refractivity contribution in [2.45, 2.75) is 12.8 Å². The molecule has 0 heterocycles. The number of nitrogens with zero attached hydrogens (tertiary/aromatic N) is 1. The lowest BCUT2D eigenvalue weighted by Gasteiger charge is -2.09. The molecule has 20 heavy (non-hydrogen) atoms. The van der Waals surface area contributed by atoms with E-state index in [0.717, 1.165) is 12.8 Å². The van der Waals surface area contributed by atoms with Gasteiger partial charge in [0.1, 0.15) is 5.75 Å². The van der Waals surface area contributed by atoms with E-state index in [1.165, 1.54) is 11.8 Å². The minimum absolute atomic E-state index is 0.580. The molecule has 0 aliphatic rings. The van der Waals surface area contributed by atoms with Crippen LogP contribution in [0.1, 0.15) is 17.5 Å². The molecule has 0 spiro atoms. The molecular formula is C16H16ClNO2. The Hall–Kier alpha value is -2.00. The van der Waals surface area contributed by atoms with E-state index in [1.54, 1.807) is 18.2 Å². The summed E-state index contributed by atoms with van der Waals surface area (Å²) in [5, 5.41) is 12.2. The van der Waals surface area contributed by atoms with Gasteiger partial charge in [0.15, 0.2) is 0 Å². The summed E-state index contributed by atoms with van der Waals surface area (Å²) >= 11 is 5.90. The zero-order chi connectivity index (χ0) is 14.2. The van der Waals surface area contributed by atoms with Crippen LogP contribution in [-0.4, -0.2) is 18.0 Å². The van der Waals surface area contributed by atoms with Crippen molar-refractivity contribution < 1.29 is 9.94 Å². The highest BCUT2D eigenvalue weighted by atomic mass is 35.5.